The summed E-state index contributed by atoms with van der Waals surface area (Å²) in [4.78, 5) is 23.7. The van der Waals surface area contributed by atoms with Gasteiger partial charge in [-0.05, 0) is 30.3 Å². The normalized spacial score (nSPS) is 10.6. The zero-order valence-corrected chi connectivity index (χ0v) is 13.7. The summed E-state index contributed by atoms with van der Waals surface area (Å²) < 4.78 is 4.68. The van der Waals surface area contributed by atoms with E-state index in [-0.39, 0.29) is 5.56 Å². The van der Waals surface area contributed by atoms with Crippen LogP contribution in [0.3, 0.4) is 0 Å². The summed E-state index contributed by atoms with van der Waals surface area (Å²) in [5.41, 5.74) is 1.18. The number of hydrogen-bond acceptors (Lipinski definition) is 3. The number of amides is 1. The molecule has 0 aliphatic carbocycles. The van der Waals surface area contributed by atoms with E-state index in [1.807, 2.05) is 0 Å². The lowest BCUT2D eigenvalue weighted by Gasteiger charge is -2.08. The van der Waals surface area contributed by atoms with Crippen LogP contribution in [0.4, 0.5) is 5.69 Å². The number of anilines is 1. The summed E-state index contributed by atoms with van der Waals surface area (Å²) >= 11 is 12.1. The second-order valence-corrected chi connectivity index (χ2v) is 5.31. The molecule has 0 heterocycles. The molecule has 0 saturated heterocycles. The standard InChI is InChI=1S/C17H13Cl2NO3/c1-23-17(22)12-5-2-3-8-15(12)20-16(21)10-9-11-13(18)6-4-7-14(11)19/h2-10H,1H3,(H,20,21). The zero-order chi connectivity index (χ0) is 16.8. The van der Waals surface area contributed by atoms with Gasteiger partial charge in [-0.25, -0.2) is 4.79 Å². The monoisotopic (exact) mass is 349 g/mol. The first-order valence-corrected chi connectivity index (χ1v) is 7.39. The van der Waals surface area contributed by atoms with Crippen molar-refractivity contribution in [3.8, 4) is 0 Å². The fourth-order valence-corrected chi connectivity index (χ4v) is 2.41. The van der Waals surface area contributed by atoms with Gasteiger partial charge >= 0.3 is 5.97 Å². The van der Waals surface area contributed by atoms with Gasteiger partial charge in [0.1, 0.15) is 0 Å². The van der Waals surface area contributed by atoms with Crippen LogP contribution >= 0.6 is 23.2 Å². The van der Waals surface area contributed by atoms with E-state index in [0.717, 1.165) is 0 Å². The van der Waals surface area contributed by atoms with E-state index in [4.69, 9.17) is 23.2 Å². The number of carbonyl (C=O) groups is 2. The number of benzene rings is 2. The lowest BCUT2D eigenvalue weighted by molar-refractivity contribution is -0.111. The molecule has 4 nitrogen and oxygen atoms in total. The summed E-state index contributed by atoms with van der Waals surface area (Å²) in [5.74, 6) is -0.948. The maximum absolute atomic E-state index is 12.0. The van der Waals surface area contributed by atoms with E-state index in [9.17, 15) is 9.59 Å². The van der Waals surface area contributed by atoms with Crippen LogP contribution in [-0.4, -0.2) is 19.0 Å². The molecule has 0 aliphatic heterocycles. The van der Waals surface area contributed by atoms with Crippen LogP contribution in [0, 0.1) is 0 Å². The van der Waals surface area contributed by atoms with Gasteiger partial charge in [-0.3, -0.25) is 4.79 Å². The highest BCUT2D eigenvalue weighted by Gasteiger charge is 2.12. The Hall–Kier alpha value is -2.30. The number of para-hydroxylation sites is 1. The van der Waals surface area contributed by atoms with Gasteiger partial charge in [-0.2, -0.15) is 0 Å². The lowest BCUT2D eigenvalue weighted by atomic mass is 10.1. The van der Waals surface area contributed by atoms with Crippen molar-refractivity contribution in [2.45, 2.75) is 0 Å². The molecule has 23 heavy (non-hydrogen) atoms. The molecular weight excluding hydrogens is 337 g/mol. The number of halogens is 2. The van der Waals surface area contributed by atoms with Crippen LogP contribution in [0.2, 0.25) is 10.0 Å². The number of nitrogens with one attached hydrogen (secondary N) is 1. The Kier molecular flexibility index (Phi) is 5.79. The summed E-state index contributed by atoms with van der Waals surface area (Å²) in [7, 11) is 1.28. The van der Waals surface area contributed by atoms with Crippen LogP contribution in [0.5, 0.6) is 0 Å². The quantitative estimate of drug-likeness (QED) is 0.656. The molecule has 2 aromatic carbocycles. The summed E-state index contributed by atoms with van der Waals surface area (Å²) in [5, 5.41) is 3.50. The second kappa shape index (κ2) is 7.81. The maximum atomic E-state index is 12.0. The van der Waals surface area contributed by atoms with Gasteiger partial charge in [-0.15, -0.1) is 0 Å². The molecule has 118 valence electrons. The average Bonchev–Trinajstić information content (AvgIpc) is 2.54. The molecule has 0 aliphatic rings. The highest BCUT2D eigenvalue weighted by molar-refractivity contribution is 6.37. The van der Waals surface area contributed by atoms with Crippen molar-refractivity contribution in [3.05, 3.63) is 69.7 Å². The van der Waals surface area contributed by atoms with E-state index < -0.39 is 11.9 Å². The van der Waals surface area contributed by atoms with Gasteiger partial charge < -0.3 is 10.1 Å². The van der Waals surface area contributed by atoms with Gasteiger partial charge in [0, 0.05) is 21.7 Å². The van der Waals surface area contributed by atoms with Gasteiger partial charge in [0.05, 0.1) is 18.4 Å². The van der Waals surface area contributed by atoms with Crippen molar-refractivity contribution < 1.29 is 14.3 Å². The second-order valence-electron chi connectivity index (χ2n) is 4.50. The Morgan fingerprint density at radius 3 is 2.35 bits per heavy atom. The average molecular weight is 350 g/mol. The molecule has 0 bridgehead atoms. The molecule has 6 heteroatoms. The topological polar surface area (TPSA) is 55.4 Å². The number of ether oxygens (including phenoxy) is 1. The van der Waals surface area contributed by atoms with Crippen molar-refractivity contribution >= 4 is 46.8 Å². The Bertz CT molecular complexity index is 752. The Morgan fingerprint density at radius 1 is 1.04 bits per heavy atom. The van der Waals surface area contributed by atoms with Crippen molar-refractivity contribution in [1.82, 2.24) is 0 Å². The van der Waals surface area contributed by atoms with Gasteiger partial charge in [0.15, 0.2) is 0 Å². The van der Waals surface area contributed by atoms with Crippen LogP contribution in [0.25, 0.3) is 6.08 Å². The van der Waals surface area contributed by atoms with E-state index >= 15 is 0 Å². The number of esters is 1. The molecule has 2 rings (SSSR count). The SMILES string of the molecule is COC(=O)c1ccccc1NC(=O)C=Cc1c(Cl)cccc1Cl. The van der Waals surface area contributed by atoms with E-state index in [1.54, 1.807) is 42.5 Å². The minimum absolute atomic E-state index is 0.271. The summed E-state index contributed by atoms with van der Waals surface area (Å²) in [6, 6.07) is 11.6. The molecule has 0 atom stereocenters. The summed E-state index contributed by atoms with van der Waals surface area (Å²) in [6.07, 6.45) is 2.81. The molecule has 0 fully saturated rings. The molecule has 0 unspecified atom stereocenters. The number of rotatable bonds is 4. The molecule has 0 spiro atoms. The Labute approximate surface area is 143 Å². The van der Waals surface area contributed by atoms with Gasteiger partial charge in [0.2, 0.25) is 5.91 Å². The third-order valence-electron chi connectivity index (χ3n) is 2.99. The van der Waals surface area contributed by atoms with Crippen LogP contribution in [0.15, 0.2) is 48.5 Å². The predicted octanol–water partition coefficient (Wildman–Crippen LogP) is 4.43. The largest absolute Gasteiger partial charge is 0.465 e. The first-order chi connectivity index (χ1) is 11.0. The Balaban J connectivity index is 2.18. The first kappa shape index (κ1) is 17.1. The predicted molar refractivity (Wildman–Crippen MR) is 91.9 cm³/mol. The molecular formula is C17H13Cl2NO3. The molecule has 1 amide bonds. The van der Waals surface area contributed by atoms with E-state index in [0.29, 0.717) is 21.3 Å². The van der Waals surface area contributed by atoms with Crippen molar-refractivity contribution in [2.75, 3.05) is 12.4 Å². The maximum Gasteiger partial charge on any atom is 0.339 e. The van der Waals surface area contributed by atoms with E-state index in [1.165, 1.54) is 19.3 Å². The smallest absolute Gasteiger partial charge is 0.339 e. The van der Waals surface area contributed by atoms with E-state index in [2.05, 4.69) is 10.1 Å². The molecule has 2 aromatic rings. The van der Waals surface area contributed by atoms with Crippen LogP contribution < -0.4 is 5.32 Å². The third-order valence-corrected chi connectivity index (χ3v) is 3.65. The van der Waals surface area contributed by atoms with Crippen molar-refractivity contribution in [1.29, 1.82) is 0 Å². The molecule has 1 N–H and O–H groups in total. The van der Waals surface area contributed by atoms with Crippen LogP contribution in [0.1, 0.15) is 15.9 Å². The van der Waals surface area contributed by atoms with Gasteiger partial charge in [-0.1, -0.05) is 41.4 Å². The molecule has 0 saturated carbocycles. The fraction of sp³-hybridized carbons (Fsp3) is 0.0588. The minimum Gasteiger partial charge on any atom is -0.465 e. The minimum atomic E-state index is -0.529. The fourth-order valence-electron chi connectivity index (χ4n) is 1.88. The highest BCUT2D eigenvalue weighted by Crippen LogP contribution is 2.25. The highest BCUT2D eigenvalue weighted by atomic mass is 35.5. The third kappa shape index (κ3) is 4.34. The number of hydrogen-bond donors (Lipinski definition) is 1. The molecule has 0 radical (unpaired) electrons. The Morgan fingerprint density at radius 2 is 1.70 bits per heavy atom. The lowest BCUT2D eigenvalue weighted by Crippen LogP contribution is -2.12. The summed E-state index contributed by atoms with van der Waals surface area (Å²) in [6.45, 7) is 0. The number of carbonyl (C=O) groups excluding carboxylic acids is 2. The van der Waals surface area contributed by atoms with Crippen LogP contribution in [-0.2, 0) is 9.53 Å². The number of methoxy groups -OCH3 is 1. The first-order valence-electron chi connectivity index (χ1n) is 6.63. The molecule has 0 aromatic heterocycles. The zero-order valence-electron chi connectivity index (χ0n) is 12.2. The van der Waals surface area contributed by atoms with Crippen molar-refractivity contribution in [3.63, 3.8) is 0 Å². The van der Waals surface area contributed by atoms with Gasteiger partial charge in [0.25, 0.3) is 0 Å². The van der Waals surface area contributed by atoms with Crippen molar-refractivity contribution in [2.24, 2.45) is 0 Å².